The lowest BCUT2D eigenvalue weighted by molar-refractivity contribution is 0.557. The predicted octanol–water partition coefficient (Wildman–Crippen LogP) is 2.09. The summed E-state index contributed by atoms with van der Waals surface area (Å²) in [5.41, 5.74) is 8.51. The van der Waals surface area contributed by atoms with E-state index in [1.54, 1.807) is 0 Å². The molecule has 0 aliphatic heterocycles. The van der Waals surface area contributed by atoms with Crippen LogP contribution >= 0.6 is 0 Å². The maximum Gasteiger partial charge on any atom is 0.0443 e. The van der Waals surface area contributed by atoms with Gasteiger partial charge < -0.3 is 5.73 Å². The third-order valence-electron chi connectivity index (χ3n) is 3.56. The van der Waals surface area contributed by atoms with Gasteiger partial charge in [0.05, 0.1) is 0 Å². The van der Waals surface area contributed by atoms with E-state index in [0.717, 1.165) is 6.54 Å². The summed E-state index contributed by atoms with van der Waals surface area (Å²) in [6.45, 7) is 7.38. The highest BCUT2D eigenvalue weighted by molar-refractivity contribution is 5.27. The molecule has 0 aromatic carbocycles. The van der Waals surface area contributed by atoms with Crippen molar-refractivity contribution >= 4 is 0 Å². The number of aromatic nitrogens is 1. The number of hydrogen-bond donors (Lipinski definition) is 1. The lowest BCUT2D eigenvalue weighted by Crippen LogP contribution is -2.05. The summed E-state index contributed by atoms with van der Waals surface area (Å²) >= 11 is 0. The largest absolute Gasteiger partial charge is 0.330 e. The summed E-state index contributed by atoms with van der Waals surface area (Å²) in [7, 11) is 0. The van der Waals surface area contributed by atoms with Crippen LogP contribution in [-0.4, -0.2) is 11.5 Å². The van der Waals surface area contributed by atoms with E-state index >= 15 is 0 Å². The minimum absolute atomic E-state index is 0.344. The number of aryl methyl sites for hydroxylation is 1. The van der Waals surface area contributed by atoms with Crippen LogP contribution < -0.4 is 5.73 Å². The fourth-order valence-electron chi connectivity index (χ4n) is 2.43. The third-order valence-corrected chi connectivity index (χ3v) is 3.56. The Morgan fingerprint density at radius 1 is 1.43 bits per heavy atom. The minimum atomic E-state index is 0.344. The molecule has 0 saturated heterocycles. The first-order valence-corrected chi connectivity index (χ1v) is 5.20. The van der Waals surface area contributed by atoms with Crippen LogP contribution in [-0.2, 0) is 0 Å². The standard InChI is InChI=1S/C12H18N2/c1-8-4-5-10(14-7-8)11-9(6-13)12(11,2)3/h4-5,7,9,11H,6,13H2,1-3H3/t9-,11+/m1/s1. The second-order valence-electron chi connectivity index (χ2n) is 4.90. The van der Waals surface area contributed by atoms with E-state index in [1.165, 1.54) is 11.3 Å². The molecule has 14 heavy (non-hydrogen) atoms. The summed E-state index contributed by atoms with van der Waals surface area (Å²) < 4.78 is 0. The van der Waals surface area contributed by atoms with Gasteiger partial charge in [0.25, 0.3) is 0 Å². The molecule has 2 N–H and O–H groups in total. The molecule has 1 aliphatic rings. The quantitative estimate of drug-likeness (QED) is 0.775. The molecule has 2 nitrogen and oxygen atoms in total. The first-order chi connectivity index (χ1) is 6.57. The Labute approximate surface area is 85.5 Å². The van der Waals surface area contributed by atoms with E-state index in [-0.39, 0.29) is 0 Å². The molecule has 1 fully saturated rings. The van der Waals surface area contributed by atoms with Crippen molar-refractivity contribution < 1.29 is 0 Å². The summed E-state index contributed by atoms with van der Waals surface area (Å²) in [6.07, 6.45) is 1.94. The molecule has 1 aliphatic carbocycles. The first kappa shape index (κ1) is 9.66. The Balaban J connectivity index is 2.22. The highest BCUT2D eigenvalue weighted by atomic mass is 14.8. The second-order valence-corrected chi connectivity index (χ2v) is 4.90. The van der Waals surface area contributed by atoms with E-state index < -0.39 is 0 Å². The van der Waals surface area contributed by atoms with Crippen molar-refractivity contribution in [1.82, 2.24) is 4.98 Å². The Bertz CT molecular complexity index is 327. The average Bonchev–Trinajstić information content (AvgIpc) is 2.69. The van der Waals surface area contributed by atoms with Gasteiger partial charge in [-0.3, -0.25) is 4.98 Å². The molecule has 1 saturated carbocycles. The van der Waals surface area contributed by atoms with Gasteiger partial charge in [0.1, 0.15) is 0 Å². The Morgan fingerprint density at radius 2 is 2.14 bits per heavy atom. The van der Waals surface area contributed by atoms with Crippen LogP contribution in [0.1, 0.15) is 31.0 Å². The van der Waals surface area contributed by atoms with Gasteiger partial charge in [-0.25, -0.2) is 0 Å². The summed E-state index contributed by atoms with van der Waals surface area (Å²) in [6, 6.07) is 4.27. The highest BCUT2D eigenvalue weighted by Crippen LogP contribution is 2.63. The molecule has 0 amide bonds. The van der Waals surface area contributed by atoms with Crippen LogP contribution in [0.15, 0.2) is 18.3 Å². The number of pyridine rings is 1. The van der Waals surface area contributed by atoms with Crippen LogP contribution in [0.4, 0.5) is 0 Å². The van der Waals surface area contributed by atoms with Crippen molar-refractivity contribution in [3.05, 3.63) is 29.6 Å². The molecule has 1 aromatic heterocycles. The van der Waals surface area contributed by atoms with Crippen LogP contribution in [0.2, 0.25) is 0 Å². The maximum atomic E-state index is 5.74. The molecule has 0 unspecified atom stereocenters. The van der Waals surface area contributed by atoms with Gasteiger partial charge in [-0.05, 0) is 36.4 Å². The first-order valence-electron chi connectivity index (χ1n) is 5.20. The fraction of sp³-hybridized carbons (Fsp3) is 0.583. The third kappa shape index (κ3) is 1.34. The molecule has 1 aromatic rings. The Kier molecular flexibility index (Phi) is 2.11. The van der Waals surface area contributed by atoms with E-state index in [1.807, 2.05) is 6.20 Å². The van der Waals surface area contributed by atoms with Crippen molar-refractivity contribution in [2.24, 2.45) is 17.1 Å². The number of rotatable bonds is 2. The zero-order valence-corrected chi connectivity index (χ0v) is 9.12. The zero-order chi connectivity index (χ0) is 10.3. The normalized spacial score (nSPS) is 28.9. The van der Waals surface area contributed by atoms with Crippen molar-refractivity contribution in [1.29, 1.82) is 0 Å². The molecule has 1 heterocycles. The highest BCUT2D eigenvalue weighted by Gasteiger charge is 2.57. The summed E-state index contributed by atoms with van der Waals surface area (Å²) in [5.74, 6) is 1.17. The topological polar surface area (TPSA) is 38.9 Å². The zero-order valence-electron chi connectivity index (χ0n) is 9.12. The lowest BCUT2D eigenvalue weighted by Gasteiger charge is -2.02. The Morgan fingerprint density at radius 3 is 2.57 bits per heavy atom. The summed E-state index contributed by atoms with van der Waals surface area (Å²) in [4.78, 5) is 4.48. The molecular formula is C12H18N2. The van der Waals surface area contributed by atoms with Crippen molar-refractivity contribution in [2.75, 3.05) is 6.54 Å². The number of hydrogen-bond acceptors (Lipinski definition) is 2. The molecule has 2 rings (SSSR count). The van der Waals surface area contributed by atoms with Crippen LogP contribution in [0.5, 0.6) is 0 Å². The van der Waals surface area contributed by atoms with Gasteiger partial charge in [0.2, 0.25) is 0 Å². The van der Waals surface area contributed by atoms with E-state index in [2.05, 4.69) is 37.9 Å². The van der Waals surface area contributed by atoms with E-state index in [4.69, 9.17) is 5.73 Å². The van der Waals surface area contributed by atoms with Crippen LogP contribution in [0.25, 0.3) is 0 Å². The maximum absolute atomic E-state index is 5.74. The predicted molar refractivity (Wildman–Crippen MR) is 58.0 cm³/mol. The molecular weight excluding hydrogens is 172 g/mol. The average molecular weight is 190 g/mol. The molecule has 2 atom stereocenters. The number of nitrogens with zero attached hydrogens (tertiary/aromatic N) is 1. The van der Waals surface area contributed by atoms with Crippen molar-refractivity contribution in [3.8, 4) is 0 Å². The van der Waals surface area contributed by atoms with Gasteiger partial charge in [0.15, 0.2) is 0 Å². The van der Waals surface area contributed by atoms with E-state index in [9.17, 15) is 0 Å². The minimum Gasteiger partial charge on any atom is -0.330 e. The van der Waals surface area contributed by atoms with Crippen molar-refractivity contribution in [2.45, 2.75) is 26.7 Å². The monoisotopic (exact) mass is 190 g/mol. The van der Waals surface area contributed by atoms with Gasteiger partial charge in [-0.1, -0.05) is 19.9 Å². The van der Waals surface area contributed by atoms with Gasteiger partial charge in [0, 0.05) is 17.8 Å². The lowest BCUT2D eigenvalue weighted by atomic mass is 10.1. The van der Waals surface area contributed by atoms with Gasteiger partial charge in [-0.15, -0.1) is 0 Å². The van der Waals surface area contributed by atoms with E-state index in [0.29, 0.717) is 17.3 Å². The van der Waals surface area contributed by atoms with Crippen molar-refractivity contribution in [3.63, 3.8) is 0 Å². The second kappa shape index (κ2) is 3.06. The summed E-state index contributed by atoms with van der Waals surface area (Å²) in [5, 5.41) is 0. The van der Waals surface area contributed by atoms with Gasteiger partial charge >= 0.3 is 0 Å². The number of nitrogens with two attached hydrogens (primary N) is 1. The fourth-order valence-corrected chi connectivity index (χ4v) is 2.43. The Hall–Kier alpha value is -0.890. The molecule has 0 spiro atoms. The molecule has 0 bridgehead atoms. The smallest absolute Gasteiger partial charge is 0.0443 e. The van der Waals surface area contributed by atoms with Crippen LogP contribution in [0.3, 0.4) is 0 Å². The van der Waals surface area contributed by atoms with Gasteiger partial charge in [-0.2, -0.15) is 0 Å². The molecule has 2 heteroatoms. The SMILES string of the molecule is Cc1ccc([C@@H]2[C@@H](CN)C2(C)C)nc1. The van der Waals surface area contributed by atoms with Crippen LogP contribution in [0, 0.1) is 18.3 Å². The molecule has 76 valence electrons. The molecule has 0 radical (unpaired) electrons.